The number of fused-ring (bicyclic) bond motifs is 2. The molecule has 2 aliphatic rings. The highest BCUT2D eigenvalue weighted by molar-refractivity contribution is 5.69. The van der Waals surface area contributed by atoms with E-state index in [9.17, 15) is 4.79 Å². The Morgan fingerprint density at radius 1 is 1.22 bits per heavy atom. The quantitative estimate of drug-likeness (QED) is 0.810. The zero-order valence-corrected chi connectivity index (χ0v) is 15.1. The summed E-state index contributed by atoms with van der Waals surface area (Å²) in [5.74, 6) is 0. The summed E-state index contributed by atoms with van der Waals surface area (Å²) in [6.07, 6.45) is 4.04. The average Bonchev–Trinajstić information content (AvgIpc) is 2.73. The minimum absolute atomic E-state index is 0.0709. The van der Waals surface area contributed by atoms with E-state index in [0.29, 0.717) is 24.7 Å². The summed E-state index contributed by atoms with van der Waals surface area (Å²) in [6, 6.07) is 1.02. The van der Waals surface area contributed by atoms with E-state index in [4.69, 9.17) is 14.2 Å². The zero-order valence-electron chi connectivity index (χ0n) is 15.1. The number of nitrogens with zero attached hydrogens (tertiary/aromatic N) is 1. The molecular weight excluding hydrogens is 296 g/mol. The smallest absolute Gasteiger partial charge is 0.410 e. The van der Waals surface area contributed by atoms with E-state index < -0.39 is 5.60 Å². The van der Waals surface area contributed by atoms with Crippen LogP contribution < -0.4 is 5.32 Å². The van der Waals surface area contributed by atoms with E-state index in [2.05, 4.69) is 5.32 Å². The number of hydrogen-bond acceptors (Lipinski definition) is 5. The maximum atomic E-state index is 12.4. The molecule has 2 heterocycles. The molecule has 2 saturated heterocycles. The number of nitrogens with one attached hydrogen (secondary N) is 1. The first-order chi connectivity index (χ1) is 10.8. The van der Waals surface area contributed by atoms with Crippen LogP contribution in [0, 0.1) is 0 Å². The van der Waals surface area contributed by atoms with Gasteiger partial charge in [-0.2, -0.15) is 0 Å². The summed E-state index contributed by atoms with van der Waals surface area (Å²) in [5, 5.41) is 3.58. The first kappa shape index (κ1) is 18.5. The molecule has 2 fully saturated rings. The molecule has 0 aliphatic carbocycles. The largest absolute Gasteiger partial charge is 0.444 e. The second-order valence-electron chi connectivity index (χ2n) is 7.66. The standard InChI is InChI=1S/C17H32N2O4/c1-17(2,3)23-16(20)19-13-6-7-14(19)9-12(8-13)18-10-15(22-5)11-21-4/h12-15,18H,6-11H2,1-5H3. The predicted molar refractivity (Wildman–Crippen MR) is 88.6 cm³/mol. The first-order valence-corrected chi connectivity index (χ1v) is 8.60. The van der Waals surface area contributed by atoms with Gasteiger partial charge in [-0.05, 0) is 46.5 Å². The lowest BCUT2D eigenvalue weighted by molar-refractivity contribution is 0.00167. The third kappa shape index (κ3) is 5.06. The molecule has 2 aliphatic heterocycles. The molecule has 0 radical (unpaired) electrons. The molecule has 0 aromatic rings. The summed E-state index contributed by atoms with van der Waals surface area (Å²) >= 11 is 0. The second kappa shape index (κ2) is 7.81. The number of amides is 1. The second-order valence-corrected chi connectivity index (χ2v) is 7.66. The van der Waals surface area contributed by atoms with Crippen molar-refractivity contribution in [1.82, 2.24) is 10.2 Å². The summed E-state index contributed by atoms with van der Waals surface area (Å²) in [5.41, 5.74) is -0.433. The molecule has 2 bridgehead atoms. The van der Waals surface area contributed by atoms with Gasteiger partial charge in [0.05, 0.1) is 12.7 Å². The molecule has 6 heteroatoms. The van der Waals surface area contributed by atoms with Crippen LogP contribution in [-0.2, 0) is 14.2 Å². The van der Waals surface area contributed by atoms with Gasteiger partial charge in [0.15, 0.2) is 0 Å². The lowest BCUT2D eigenvalue weighted by Gasteiger charge is -2.40. The van der Waals surface area contributed by atoms with Crippen molar-refractivity contribution in [2.45, 2.75) is 76.3 Å². The Balaban J connectivity index is 1.85. The van der Waals surface area contributed by atoms with Crippen LogP contribution in [0.5, 0.6) is 0 Å². The van der Waals surface area contributed by atoms with Gasteiger partial charge >= 0.3 is 6.09 Å². The van der Waals surface area contributed by atoms with Crippen molar-refractivity contribution in [3.63, 3.8) is 0 Å². The van der Waals surface area contributed by atoms with Crippen molar-refractivity contribution in [2.24, 2.45) is 0 Å². The maximum absolute atomic E-state index is 12.4. The molecule has 0 aromatic carbocycles. The van der Waals surface area contributed by atoms with Crippen molar-refractivity contribution in [3.05, 3.63) is 0 Å². The molecule has 0 aromatic heterocycles. The fraction of sp³-hybridized carbons (Fsp3) is 0.941. The Kier molecular flexibility index (Phi) is 6.28. The fourth-order valence-corrected chi connectivity index (χ4v) is 3.65. The normalized spacial score (nSPS) is 28.7. The molecule has 2 rings (SSSR count). The van der Waals surface area contributed by atoms with Gasteiger partial charge in [-0.25, -0.2) is 4.79 Å². The highest BCUT2D eigenvalue weighted by Crippen LogP contribution is 2.36. The summed E-state index contributed by atoms with van der Waals surface area (Å²) in [7, 11) is 3.39. The van der Waals surface area contributed by atoms with Crippen molar-refractivity contribution in [3.8, 4) is 0 Å². The minimum atomic E-state index is -0.433. The highest BCUT2D eigenvalue weighted by Gasteiger charge is 2.44. The number of piperidine rings is 1. The Labute approximate surface area is 139 Å². The minimum Gasteiger partial charge on any atom is -0.444 e. The van der Waals surface area contributed by atoms with Crippen molar-refractivity contribution >= 4 is 6.09 Å². The molecular formula is C17H32N2O4. The van der Waals surface area contributed by atoms with Crippen molar-refractivity contribution in [2.75, 3.05) is 27.4 Å². The number of carbonyl (C=O) groups excluding carboxylic acids is 1. The van der Waals surface area contributed by atoms with Crippen LogP contribution in [0.4, 0.5) is 4.79 Å². The van der Waals surface area contributed by atoms with Crippen LogP contribution >= 0.6 is 0 Å². The van der Waals surface area contributed by atoms with Crippen LogP contribution in [0.2, 0.25) is 0 Å². The molecule has 6 nitrogen and oxygen atoms in total. The topological polar surface area (TPSA) is 60.0 Å². The third-order valence-electron chi connectivity index (χ3n) is 4.66. The van der Waals surface area contributed by atoms with Crippen LogP contribution in [0.3, 0.4) is 0 Å². The molecule has 1 amide bonds. The van der Waals surface area contributed by atoms with Crippen molar-refractivity contribution < 1.29 is 19.0 Å². The van der Waals surface area contributed by atoms with E-state index in [1.165, 1.54) is 0 Å². The summed E-state index contributed by atoms with van der Waals surface area (Å²) in [4.78, 5) is 14.4. The van der Waals surface area contributed by atoms with E-state index in [1.54, 1.807) is 14.2 Å². The summed E-state index contributed by atoms with van der Waals surface area (Å²) in [6.45, 7) is 7.12. The maximum Gasteiger partial charge on any atom is 0.410 e. The molecule has 23 heavy (non-hydrogen) atoms. The molecule has 1 N–H and O–H groups in total. The number of ether oxygens (including phenoxy) is 3. The van der Waals surface area contributed by atoms with Gasteiger partial charge in [-0.3, -0.25) is 0 Å². The van der Waals surface area contributed by atoms with E-state index in [1.807, 2.05) is 25.7 Å². The fourth-order valence-electron chi connectivity index (χ4n) is 3.65. The molecule has 0 spiro atoms. The number of carbonyl (C=O) groups is 1. The van der Waals surface area contributed by atoms with Gasteiger partial charge in [0, 0.05) is 38.9 Å². The first-order valence-electron chi connectivity index (χ1n) is 8.60. The van der Waals surface area contributed by atoms with Crippen LogP contribution in [-0.4, -0.2) is 68.2 Å². The number of methoxy groups -OCH3 is 2. The SMILES string of the molecule is COCC(CNC1CC2CCC(C1)N2C(=O)OC(C)(C)C)OC. The van der Waals surface area contributed by atoms with Gasteiger partial charge in [0.25, 0.3) is 0 Å². The van der Waals surface area contributed by atoms with Gasteiger partial charge < -0.3 is 24.4 Å². The van der Waals surface area contributed by atoms with Crippen LogP contribution in [0.15, 0.2) is 0 Å². The van der Waals surface area contributed by atoms with E-state index in [0.717, 1.165) is 32.2 Å². The Morgan fingerprint density at radius 2 is 1.83 bits per heavy atom. The Hall–Kier alpha value is -0.850. The van der Waals surface area contributed by atoms with Gasteiger partial charge in [-0.1, -0.05) is 0 Å². The Morgan fingerprint density at radius 3 is 2.30 bits per heavy atom. The molecule has 3 unspecified atom stereocenters. The predicted octanol–water partition coefficient (Wildman–Crippen LogP) is 2.17. The monoisotopic (exact) mass is 328 g/mol. The molecule has 134 valence electrons. The molecule has 0 saturated carbocycles. The van der Waals surface area contributed by atoms with E-state index in [-0.39, 0.29) is 12.2 Å². The van der Waals surface area contributed by atoms with Crippen molar-refractivity contribution in [1.29, 1.82) is 0 Å². The zero-order chi connectivity index (χ0) is 17.0. The van der Waals surface area contributed by atoms with Crippen LogP contribution in [0.1, 0.15) is 46.5 Å². The number of hydrogen-bond donors (Lipinski definition) is 1. The third-order valence-corrected chi connectivity index (χ3v) is 4.66. The van der Waals surface area contributed by atoms with Crippen LogP contribution in [0.25, 0.3) is 0 Å². The highest BCUT2D eigenvalue weighted by atomic mass is 16.6. The van der Waals surface area contributed by atoms with Gasteiger partial charge in [0.2, 0.25) is 0 Å². The Bertz CT molecular complexity index is 383. The van der Waals surface area contributed by atoms with E-state index >= 15 is 0 Å². The summed E-state index contributed by atoms with van der Waals surface area (Å²) < 4.78 is 16.1. The number of rotatable bonds is 6. The lowest BCUT2D eigenvalue weighted by atomic mass is 9.97. The molecule has 3 atom stereocenters. The lowest BCUT2D eigenvalue weighted by Crippen LogP contribution is -2.53. The average molecular weight is 328 g/mol. The van der Waals surface area contributed by atoms with Gasteiger partial charge in [-0.15, -0.1) is 0 Å². The van der Waals surface area contributed by atoms with Gasteiger partial charge in [0.1, 0.15) is 5.60 Å².